The average molecular weight is 592 g/mol. The van der Waals surface area contributed by atoms with Crippen LogP contribution < -0.4 is 16.0 Å². The van der Waals surface area contributed by atoms with Crippen LogP contribution >= 0.6 is 11.8 Å². The first-order valence-corrected chi connectivity index (χ1v) is 15.7. The number of amides is 4. The number of thioether (sulfide) groups is 1. The van der Waals surface area contributed by atoms with Crippen LogP contribution in [0.15, 0.2) is 17.8 Å². The van der Waals surface area contributed by atoms with Gasteiger partial charge in [-0.2, -0.15) is 11.8 Å². The molecule has 5 atom stereocenters. The Kier molecular flexibility index (Phi) is 11.4. The molecule has 1 aliphatic heterocycles. The standard InChI is InChI=1S/C28H45N7O5S/c1-17-25(38)31-24(18(2)36)27(40)30-23(11-14-41-6)26(39)29-15-22-16-34(33-32-22)12-9-20-7-8-21(28(20,4)5)10-13-35(17)19(3)37/h7,16-18,21,23-24,36H,8-15H2,1-6H3,(H,29,39)(H,30,40)(H,31,38)/t17-,18+,21+,23-,24-/m0/s1. The van der Waals surface area contributed by atoms with Crippen molar-refractivity contribution in [2.24, 2.45) is 11.3 Å². The van der Waals surface area contributed by atoms with Gasteiger partial charge in [0.1, 0.15) is 23.8 Å². The van der Waals surface area contributed by atoms with Crippen LogP contribution in [0.5, 0.6) is 0 Å². The zero-order valence-corrected chi connectivity index (χ0v) is 25.8. The lowest BCUT2D eigenvalue weighted by Gasteiger charge is -2.35. The normalized spacial score (nSPS) is 27.1. The first-order valence-electron chi connectivity index (χ1n) is 14.3. The van der Waals surface area contributed by atoms with Gasteiger partial charge in [0, 0.05) is 20.0 Å². The van der Waals surface area contributed by atoms with E-state index in [1.807, 2.05) is 12.5 Å². The van der Waals surface area contributed by atoms with Crippen LogP contribution in [0.3, 0.4) is 0 Å². The minimum atomic E-state index is -1.31. The molecule has 41 heavy (non-hydrogen) atoms. The molecule has 3 rings (SSSR count). The van der Waals surface area contributed by atoms with Gasteiger partial charge in [-0.3, -0.25) is 23.9 Å². The lowest BCUT2D eigenvalue weighted by atomic mass is 9.74. The maximum Gasteiger partial charge on any atom is 0.245 e. The summed E-state index contributed by atoms with van der Waals surface area (Å²) in [7, 11) is 0. The molecule has 1 aromatic heterocycles. The number of aryl methyl sites for hydroxylation is 1. The Morgan fingerprint density at radius 2 is 1.93 bits per heavy atom. The quantitative estimate of drug-likeness (QED) is 0.378. The summed E-state index contributed by atoms with van der Waals surface area (Å²) in [6, 6.07) is -3.05. The van der Waals surface area contributed by atoms with E-state index in [-0.39, 0.29) is 17.9 Å². The number of rotatable bonds is 4. The highest BCUT2D eigenvalue weighted by molar-refractivity contribution is 7.98. The Bertz CT molecular complexity index is 1130. The number of carbonyl (C=O) groups excluding carboxylic acids is 4. The van der Waals surface area contributed by atoms with E-state index >= 15 is 0 Å². The van der Waals surface area contributed by atoms with Gasteiger partial charge in [-0.1, -0.05) is 30.7 Å². The van der Waals surface area contributed by atoms with Crippen LogP contribution in [0.4, 0.5) is 0 Å². The number of aliphatic hydroxyl groups excluding tert-OH is 1. The maximum atomic E-state index is 13.3. The van der Waals surface area contributed by atoms with Crippen LogP contribution in [0.2, 0.25) is 0 Å². The van der Waals surface area contributed by atoms with Crippen molar-refractivity contribution in [2.75, 3.05) is 18.6 Å². The topological polar surface area (TPSA) is 159 Å². The van der Waals surface area contributed by atoms with E-state index in [0.29, 0.717) is 43.3 Å². The third-order valence-corrected chi connectivity index (χ3v) is 9.06. The van der Waals surface area contributed by atoms with Crippen molar-refractivity contribution in [1.82, 2.24) is 35.8 Å². The summed E-state index contributed by atoms with van der Waals surface area (Å²) in [5.41, 5.74) is 1.83. The van der Waals surface area contributed by atoms with Gasteiger partial charge in [-0.25, -0.2) is 0 Å². The van der Waals surface area contributed by atoms with Crippen molar-refractivity contribution in [2.45, 2.75) is 97.6 Å². The molecule has 4 bridgehead atoms. The van der Waals surface area contributed by atoms with Crippen molar-refractivity contribution in [3.8, 4) is 0 Å². The Morgan fingerprint density at radius 3 is 2.59 bits per heavy atom. The zero-order valence-electron chi connectivity index (χ0n) is 25.0. The molecule has 0 aromatic carbocycles. The summed E-state index contributed by atoms with van der Waals surface area (Å²) in [6.45, 7) is 10.0. The van der Waals surface area contributed by atoms with Crippen LogP contribution in [-0.2, 0) is 32.3 Å². The van der Waals surface area contributed by atoms with E-state index in [4.69, 9.17) is 0 Å². The molecule has 4 amide bonds. The van der Waals surface area contributed by atoms with E-state index < -0.39 is 42.0 Å². The SMILES string of the molecule is CSCC[C@@H]1NC(=O)[C@H]([C@@H](C)O)NC(=O)[C@H](C)N(C(C)=O)CC[C@H]2CC=C(CCn3cc(nn3)CNC1=O)C2(C)C. The van der Waals surface area contributed by atoms with Crippen LogP contribution in [-0.4, -0.2) is 91.4 Å². The highest BCUT2D eigenvalue weighted by atomic mass is 32.2. The summed E-state index contributed by atoms with van der Waals surface area (Å²) in [5.74, 6) is -0.979. The number of nitrogens with one attached hydrogen (secondary N) is 3. The second-order valence-corrected chi connectivity index (χ2v) is 12.6. The number of nitrogens with zero attached hydrogens (tertiary/aromatic N) is 4. The highest BCUT2D eigenvalue weighted by Crippen LogP contribution is 2.46. The molecule has 0 radical (unpaired) electrons. The fourth-order valence-corrected chi connectivity index (χ4v) is 6.05. The predicted molar refractivity (Wildman–Crippen MR) is 156 cm³/mol. The Hall–Kier alpha value is -2.93. The van der Waals surface area contributed by atoms with E-state index in [1.54, 1.807) is 11.6 Å². The van der Waals surface area contributed by atoms with Crippen molar-refractivity contribution in [3.63, 3.8) is 0 Å². The molecule has 0 fully saturated rings. The monoisotopic (exact) mass is 591 g/mol. The summed E-state index contributed by atoms with van der Waals surface area (Å²) in [6.07, 6.45) is 7.49. The molecule has 13 heteroatoms. The van der Waals surface area contributed by atoms with Gasteiger partial charge < -0.3 is 26.0 Å². The number of hydrogen-bond acceptors (Lipinski definition) is 8. The number of carbonyl (C=O) groups is 4. The Morgan fingerprint density at radius 1 is 1.20 bits per heavy atom. The molecule has 0 saturated heterocycles. The maximum absolute atomic E-state index is 13.3. The van der Waals surface area contributed by atoms with E-state index in [9.17, 15) is 24.3 Å². The van der Waals surface area contributed by atoms with Gasteiger partial charge in [-0.15, -0.1) is 5.10 Å². The highest BCUT2D eigenvalue weighted by Gasteiger charge is 2.38. The van der Waals surface area contributed by atoms with Gasteiger partial charge in [0.05, 0.1) is 18.8 Å². The van der Waals surface area contributed by atoms with Crippen LogP contribution in [0, 0.1) is 11.3 Å². The first kappa shape index (κ1) is 32.6. The molecule has 4 N–H and O–H groups in total. The lowest BCUT2D eigenvalue weighted by molar-refractivity contribution is -0.141. The molecular formula is C28H45N7O5S. The molecule has 1 aromatic rings. The van der Waals surface area contributed by atoms with Crippen LogP contribution in [0.25, 0.3) is 0 Å². The number of aromatic nitrogens is 3. The largest absolute Gasteiger partial charge is 0.391 e. The summed E-state index contributed by atoms with van der Waals surface area (Å²) >= 11 is 1.53. The third kappa shape index (κ3) is 8.31. The van der Waals surface area contributed by atoms with Gasteiger partial charge in [-0.05, 0) is 62.9 Å². The van der Waals surface area contributed by atoms with E-state index in [1.165, 1.54) is 36.1 Å². The molecule has 0 spiro atoms. The third-order valence-electron chi connectivity index (χ3n) is 8.41. The zero-order chi connectivity index (χ0) is 30.3. The number of fused-ring (bicyclic) bond motifs is 4. The van der Waals surface area contributed by atoms with Gasteiger partial charge in [0.25, 0.3) is 0 Å². The van der Waals surface area contributed by atoms with Gasteiger partial charge in [0.2, 0.25) is 23.6 Å². The Labute approximate surface area is 246 Å². The lowest BCUT2D eigenvalue weighted by Crippen LogP contribution is -2.59. The minimum Gasteiger partial charge on any atom is -0.391 e. The smallest absolute Gasteiger partial charge is 0.245 e. The fraction of sp³-hybridized carbons (Fsp3) is 0.714. The minimum absolute atomic E-state index is 0.0919. The second kappa shape index (κ2) is 14.3. The number of allylic oxidation sites excluding steroid dienone is 2. The van der Waals surface area contributed by atoms with E-state index in [0.717, 1.165) is 12.8 Å². The van der Waals surface area contributed by atoms with E-state index in [2.05, 4.69) is 46.2 Å². The first-order chi connectivity index (χ1) is 19.3. The molecular weight excluding hydrogens is 546 g/mol. The van der Waals surface area contributed by atoms with Crippen molar-refractivity contribution in [1.29, 1.82) is 0 Å². The van der Waals surface area contributed by atoms with Crippen molar-refractivity contribution < 1.29 is 24.3 Å². The molecule has 12 nitrogen and oxygen atoms in total. The average Bonchev–Trinajstić information content (AvgIpc) is 3.48. The number of hydrogen-bond donors (Lipinski definition) is 4. The van der Waals surface area contributed by atoms with Crippen molar-refractivity contribution >= 4 is 35.4 Å². The molecule has 0 unspecified atom stereocenters. The molecule has 1 aliphatic carbocycles. The van der Waals surface area contributed by atoms with Crippen LogP contribution in [0.1, 0.15) is 66.0 Å². The molecule has 2 heterocycles. The molecule has 228 valence electrons. The summed E-state index contributed by atoms with van der Waals surface area (Å²) in [4.78, 5) is 53.7. The molecule has 2 aliphatic rings. The van der Waals surface area contributed by atoms with Crippen molar-refractivity contribution in [3.05, 3.63) is 23.5 Å². The van der Waals surface area contributed by atoms with Gasteiger partial charge >= 0.3 is 0 Å². The predicted octanol–water partition coefficient (Wildman–Crippen LogP) is 1.00. The summed E-state index contributed by atoms with van der Waals surface area (Å²) in [5, 5.41) is 26.9. The Balaban J connectivity index is 1.89. The second-order valence-electron chi connectivity index (χ2n) is 11.6. The summed E-state index contributed by atoms with van der Waals surface area (Å²) < 4.78 is 1.77. The molecule has 0 saturated carbocycles. The van der Waals surface area contributed by atoms with Gasteiger partial charge in [0.15, 0.2) is 0 Å². The number of aliphatic hydroxyl groups is 1. The fourth-order valence-electron chi connectivity index (χ4n) is 5.58.